The van der Waals surface area contributed by atoms with Crippen LogP contribution in [0.2, 0.25) is 0 Å². The summed E-state index contributed by atoms with van der Waals surface area (Å²) in [6.07, 6.45) is 6.68. The zero-order valence-corrected chi connectivity index (χ0v) is 13.6. The number of hydrogen-bond donors (Lipinski definition) is 2. The summed E-state index contributed by atoms with van der Waals surface area (Å²) in [5.74, 6) is -0.147. The first-order valence-electron chi connectivity index (χ1n) is 7.91. The number of aliphatic hydroxyl groups is 1. The van der Waals surface area contributed by atoms with Crippen LogP contribution >= 0.6 is 0 Å². The van der Waals surface area contributed by atoms with E-state index in [1.807, 2.05) is 0 Å². The van der Waals surface area contributed by atoms with Gasteiger partial charge in [-0.3, -0.25) is 4.68 Å². The van der Waals surface area contributed by atoms with Crippen LogP contribution in [-0.4, -0.2) is 46.2 Å². The summed E-state index contributed by atoms with van der Waals surface area (Å²) in [6.45, 7) is 0.720. The molecule has 132 valence electrons. The number of anilines is 2. The fourth-order valence-corrected chi connectivity index (χ4v) is 2.52. The van der Waals surface area contributed by atoms with E-state index in [0.717, 1.165) is 5.39 Å². The maximum Gasteiger partial charge on any atom is 0.229 e. The van der Waals surface area contributed by atoms with Gasteiger partial charge in [0.05, 0.1) is 48.9 Å². The third-order valence-electron chi connectivity index (χ3n) is 3.68. The smallest absolute Gasteiger partial charge is 0.229 e. The average molecular weight is 354 g/mol. The topological polar surface area (TPSA) is 107 Å². The van der Waals surface area contributed by atoms with Gasteiger partial charge >= 0.3 is 0 Å². The zero-order chi connectivity index (χ0) is 17.9. The second kappa shape index (κ2) is 6.84. The van der Waals surface area contributed by atoms with E-state index in [4.69, 9.17) is 5.11 Å². The molecule has 4 heterocycles. The quantitative estimate of drug-likeness (QED) is 0.503. The first kappa shape index (κ1) is 16.1. The Morgan fingerprint density at radius 3 is 2.88 bits per heavy atom. The number of aliphatic hydroxyl groups excluding tert-OH is 1. The van der Waals surface area contributed by atoms with E-state index in [2.05, 4.69) is 30.5 Å². The predicted octanol–water partition coefficient (Wildman–Crippen LogP) is 1.34. The normalized spacial score (nSPS) is 11.2. The highest BCUT2D eigenvalue weighted by molar-refractivity contribution is 5.75. The number of fused-ring (bicyclic) bond motifs is 1. The third kappa shape index (κ3) is 3.35. The lowest BCUT2D eigenvalue weighted by Crippen LogP contribution is -2.06. The van der Waals surface area contributed by atoms with Gasteiger partial charge in [-0.15, -0.1) is 0 Å². The van der Waals surface area contributed by atoms with Crippen LogP contribution in [0.4, 0.5) is 16.0 Å². The summed E-state index contributed by atoms with van der Waals surface area (Å²) < 4.78 is 16.5. The van der Waals surface area contributed by atoms with Gasteiger partial charge in [0.15, 0.2) is 5.65 Å². The molecule has 0 unspecified atom stereocenters. The van der Waals surface area contributed by atoms with Crippen LogP contribution in [-0.2, 0) is 13.1 Å². The number of rotatable bonds is 6. The average Bonchev–Trinajstić information content (AvgIpc) is 3.23. The molecular weight excluding hydrogens is 339 g/mol. The maximum atomic E-state index is 13.3. The fourth-order valence-electron chi connectivity index (χ4n) is 2.52. The van der Waals surface area contributed by atoms with Gasteiger partial charge in [-0.25, -0.2) is 14.6 Å². The molecule has 9 nitrogen and oxygen atoms in total. The zero-order valence-electron chi connectivity index (χ0n) is 13.6. The van der Waals surface area contributed by atoms with Gasteiger partial charge in [0.1, 0.15) is 0 Å². The van der Waals surface area contributed by atoms with E-state index in [0.29, 0.717) is 36.1 Å². The van der Waals surface area contributed by atoms with E-state index >= 15 is 0 Å². The summed E-state index contributed by atoms with van der Waals surface area (Å²) >= 11 is 0. The Bertz CT molecular complexity index is 1040. The molecule has 0 atom stereocenters. The summed E-state index contributed by atoms with van der Waals surface area (Å²) in [7, 11) is 0. The molecule has 0 aliphatic carbocycles. The Hall–Kier alpha value is -3.40. The standard InChI is InChI=1S/C16H15FN8O/c17-14-3-1-2-12(21-14)10-25-15-11(7-20-25)6-18-16(23-15)22-13-8-19-24(9-13)4-5-26/h1-3,6-9,26H,4-5,10H2,(H,18,22,23). The van der Waals surface area contributed by atoms with Crippen molar-refractivity contribution in [1.82, 2.24) is 34.5 Å². The molecule has 0 saturated carbocycles. The number of halogens is 1. The first-order chi connectivity index (χ1) is 12.7. The molecule has 4 rings (SSSR count). The largest absolute Gasteiger partial charge is 0.394 e. The lowest BCUT2D eigenvalue weighted by Gasteiger charge is -2.05. The van der Waals surface area contributed by atoms with Crippen LogP contribution < -0.4 is 5.32 Å². The Morgan fingerprint density at radius 2 is 2.04 bits per heavy atom. The Kier molecular flexibility index (Phi) is 4.23. The van der Waals surface area contributed by atoms with E-state index in [1.54, 1.807) is 46.3 Å². The molecule has 26 heavy (non-hydrogen) atoms. The lowest BCUT2D eigenvalue weighted by atomic mass is 10.3. The van der Waals surface area contributed by atoms with Gasteiger partial charge in [0.2, 0.25) is 11.9 Å². The number of aromatic nitrogens is 7. The summed E-state index contributed by atoms with van der Waals surface area (Å²) in [4.78, 5) is 12.6. The van der Waals surface area contributed by atoms with Gasteiger partial charge in [0.25, 0.3) is 0 Å². The van der Waals surface area contributed by atoms with Crippen LogP contribution in [0.25, 0.3) is 11.0 Å². The highest BCUT2D eigenvalue weighted by Gasteiger charge is 2.09. The van der Waals surface area contributed by atoms with Crippen molar-refractivity contribution in [3.05, 3.63) is 54.6 Å². The van der Waals surface area contributed by atoms with E-state index in [1.165, 1.54) is 6.07 Å². The van der Waals surface area contributed by atoms with Crippen molar-refractivity contribution < 1.29 is 9.50 Å². The van der Waals surface area contributed by atoms with E-state index < -0.39 is 5.95 Å². The molecule has 0 saturated heterocycles. The molecule has 2 N–H and O–H groups in total. The summed E-state index contributed by atoms with van der Waals surface area (Å²) in [5.41, 5.74) is 1.86. The van der Waals surface area contributed by atoms with Crippen LogP contribution in [0.15, 0.2) is 43.0 Å². The number of nitrogens with one attached hydrogen (secondary N) is 1. The maximum absolute atomic E-state index is 13.3. The van der Waals surface area contributed by atoms with Crippen molar-refractivity contribution in [1.29, 1.82) is 0 Å². The number of nitrogens with zero attached hydrogens (tertiary/aromatic N) is 7. The minimum atomic E-state index is -0.532. The van der Waals surface area contributed by atoms with Crippen LogP contribution in [0.5, 0.6) is 0 Å². The Balaban J connectivity index is 1.59. The molecule has 0 aliphatic rings. The molecule has 0 amide bonds. The first-order valence-corrected chi connectivity index (χ1v) is 7.91. The number of hydrogen-bond acceptors (Lipinski definition) is 7. The van der Waals surface area contributed by atoms with Crippen LogP contribution in [0.3, 0.4) is 0 Å². The van der Waals surface area contributed by atoms with Gasteiger partial charge in [-0.1, -0.05) is 6.07 Å². The number of pyridine rings is 1. The molecule has 0 bridgehead atoms. The second-order valence-corrected chi connectivity index (χ2v) is 5.57. The third-order valence-corrected chi connectivity index (χ3v) is 3.68. The molecule has 4 aromatic heterocycles. The fraction of sp³-hybridized carbons (Fsp3) is 0.188. The molecular formula is C16H15FN8O. The molecule has 4 aromatic rings. The van der Waals surface area contributed by atoms with Crippen molar-refractivity contribution in [3.8, 4) is 0 Å². The molecule has 0 radical (unpaired) electrons. The molecule has 0 aromatic carbocycles. The van der Waals surface area contributed by atoms with Gasteiger partial charge in [0, 0.05) is 12.4 Å². The van der Waals surface area contributed by atoms with Crippen molar-refractivity contribution in [2.24, 2.45) is 0 Å². The molecule has 0 aliphatic heterocycles. The Labute approximate surface area is 147 Å². The molecule has 0 fully saturated rings. The predicted molar refractivity (Wildman–Crippen MR) is 91.2 cm³/mol. The Morgan fingerprint density at radius 1 is 1.12 bits per heavy atom. The summed E-state index contributed by atoms with van der Waals surface area (Å²) in [6, 6.07) is 4.63. The van der Waals surface area contributed by atoms with E-state index in [-0.39, 0.29) is 6.61 Å². The van der Waals surface area contributed by atoms with Crippen molar-refractivity contribution in [2.75, 3.05) is 11.9 Å². The van der Waals surface area contributed by atoms with Crippen molar-refractivity contribution >= 4 is 22.7 Å². The highest BCUT2D eigenvalue weighted by Crippen LogP contribution is 2.16. The highest BCUT2D eigenvalue weighted by atomic mass is 19.1. The monoisotopic (exact) mass is 354 g/mol. The minimum Gasteiger partial charge on any atom is -0.394 e. The van der Waals surface area contributed by atoms with Crippen LogP contribution in [0.1, 0.15) is 5.69 Å². The molecule has 10 heteroatoms. The van der Waals surface area contributed by atoms with E-state index in [9.17, 15) is 4.39 Å². The van der Waals surface area contributed by atoms with Crippen molar-refractivity contribution in [2.45, 2.75) is 13.1 Å². The van der Waals surface area contributed by atoms with Gasteiger partial charge < -0.3 is 10.4 Å². The minimum absolute atomic E-state index is 0.0108. The lowest BCUT2D eigenvalue weighted by molar-refractivity contribution is 0.269. The van der Waals surface area contributed by atoms with Crippen molar-refractivity contribution in [3.63, 3.8) is 0 Å². The SMILES string of the molecule is OCCn1cc(Nc2ncc3cnn(Cc4cccc(F)n4)c3n2)cn1. The molecule has 0 spiro atoms. The summed E-state index contributed by atoms with van der Waals surface area (Å²) in [5, 5.41) is 21.2. The second-order valence-electron chi connectivity index (χ2n) is 5.57. The van der Waals surface area contributed by atoms with Gasteiger partial charge in [-0.2, -0.15) is 19.6 Å². The van der Waals surface area contributed by atoms with Gasteiger partial charge in [-0.05, 0) is 12.1 Å². The van der Waals surface area contributed by atoms with Crippen LogP contribution in [0, 0.1) is 5.95 Å².